The number of carbonyl (C=O) groups excluding carboxylic acids is 1. The molecule has 2 aromatic carbocycles. The molecule has 0 aliphatic carbocycles. The molecule has 3 rings (SSSR count). The van der Waals surface area contributed by atoms with Gasteiger partial charge in [-0.2, -0.15) is 0 Å². The Hall–Kier alpha value is -3.10. The van der Waals surface area contributed by atoms with Crippen molar-refractivity contribution in [2.24, 2.45) is 0 Å². The number of anilines is 1. The van der Waals surface area contributed by atoms with Crippen molar-refractivity contribution in [3.05, 3.63) is 64.7 Å². The monoisotopic (exact) mass is 384 g/mol. The van der Waals surface area contributed by atoms with Crippen LogP contribution in [-0.2, 0) is 17.6 Å². The molecule has 142 valence electrons. The van der Waals surface area contributed by atoms with Crippen LogP contribution in [0.3, 0.4) is 0 Å². The molecule has 0 aliphatic rings. The lowest BCUT2D eigenvalue weighted by Gasteiger charge is -2.11. The van der Waals surface area contributed by atoms with Crippen molar-refractivity contribution >= 4 is 22.6 Å². The number of furan rings is 1. The molecule has 0 fully saturated rings. The van der Waals surface area contributed by atoms with Crippen LogP contribution in [0.4, 0.5) is 27.6 Å². The van der Waals surface area contributed by atoms with E-state index >= 15 is 0 Å². The molecule has 0 saturated heterocycles. The van der Waals surface area contributed by atoms with Crippen molar-refractivity contribution < 1.29 is 31.2 Å². The summed E-state index contributed by atoms with van der Waals surface area (Å²) in [6, 6.07) is 5.47. The molecular formula is C18H13F5N2O2. The van der Waals surface area contributed by atoms with E-state index < -0.39 is 40.7 Å². The quantitative estimate of drug-likeness (QED) is 0.297. The van der Waals surface area contributed by atoms with Gasteiger partial charge in [-0.15, -0.1) is 0 Å². The summed E-state index contributed by atoms with van der Waals surface area (Å²) in [6.45, 7) is 1.98. The first-order chi connectivity index (χ1) is 12.8. The number of hydrogen-bond donors (Lipinski definition) is 2. The molecule has 1 heterocycles. The summed E-state index contributed by atoms with van der Waals surface area (Å²) in [5.41, 5.74) is 4.43. The summed E-state index contributed by atoms with van der Waals surface area (Å²) < 4.78 is 71.8. The molecule has 2 N–H and O–H groups in total. The highest BCUT2D eigenvalue weighted by molar-refractivity contribution is 5.88. The lowest BCUT2D eigenvalue weighted by atomic mass is 10.1. The fourth-order valence-corrected chi connectivity index (χ4v) is 2.55. The van der Waals surface area contributed by atoms with Gasteiger partial charge in [0.25, 0.3) is 0 Å². The third-order valence-corrected chi connectivity index (χ3v) is 4.02. The van der Waals surface area contributed by atoms with Crippen LogP contribution >= 0.6 is 0 Å². The Kier molecular flexibility index (Phi) is 5.02. The summed E-state index contributed by atoms with van der Waals surface area (Å²) in [5, 5.41) is 0.679. The maximum absolute atomic E-state index is 13.6. The minimum absolute atomic E-state index is 0.235. The Bertz CT molecular complexity index is 1000. The van der Waals surface area contributed by atoms with Crippen molar-refractivity contribution in [3.63, 3.8) is 0 Å². The van der Waals surface area contributed by atoms with Crippen molar-refractivity contribution in [2.45, 2.75) is 19.8 Å². The predicted octanol–water partition coefficient (Wildman–Crippen LogP) is 4.38. The van der Waals surface area contributed by atoms with Crippen LogP contribution in [0, 0.1) is 29.1 Å². The van der Waals surface area contributed by atoms with Gasteiger partial charge in [-0.25, -0.2) is 22.0 Å². The zero-order valence-corrected chi connectivity index (χ0v) is 13.9. The van der Waals surface area contributed by atoms with Crippen molar-refractivity contribution in [2.75, 3.05) is 5.43 Å². The van der Waals surface area contributed by atoms with E-state index in [0.717, 1.165) is 12.0 Å². The summed E-state index contributed by atoms with van der Waals surface area (Å²) in [6.07, 6.45) is 1.93. The molecule has 1 amide bonds. The van der Waals surface area contributed by atoms with Gasteiger partial charge < -0.3 is 4.42 Å². The number of benzene rings is 2. The normalized spacial score (nSPS) is 11.0. The van der Waals surface area contributed by atoms with E-state index in [2.05, 4.69) is 0 Å². The number of hydrogen-bond acceptors (Lipinski definition) is 3. The summed E-state index contributed by atoms with van der Waals surface area (Å²) in [7, 11) is 0. The average Bonchev–Trinajstić information content (AvgIpc) is 3.06. The maximum Gasteiger partial charge on any atom is 0.242 e. The van der Waals surface area contributed by atoms with Gasteiger partial charge in [0.15, 0.2) is 23.3 Å². The zero-order chi connectivity index (χ0) is 19.7. The smallest absolute Gasteiger partial charge is 0.242 e. The van der Waals surface area contributed by atoms with Gasteiger partial charge in [0.1, 0.15) is 11.3 Å². The van der Waals surface area contributed by atoms with Gasteiger partial charge >= 0.3 is 0 Å². The topological polar surface area (TPSA) is 54.3 Å². The number of nitrogens with one attached hydrogen (secondary N) is 2. The number of hydrazine groups is 1. The number of aryl methyl sites for hydroxylation is 1. The third-order valence-electron chi connectivity index (χ3n) is 4.02. The highest BCUT2D eigenvalue weighted by Gasteiger charge is 2.26. The average molecular weight is 384 g/mol. The minimum atomic E-state index is -2.28. The number of halogens is 5. The first-order valence-electron chi connectivity index (χ1n) is 7.88. The standard InChI is InChI=1S/C18H13F5N2O2/c1-2-8-3-4-10-9(7-27-11(10)5-8)6-12(26)24-25-18-16(22)14(20)13(19)15(21)17(18)23/h3-5,7,25H,2,6H2,1H3,(H,24,26). The van der Waals surface area contributed by atoms with Gasteiger partial charge in [0, 0.05) is 10.9 Å². The molecule has 27 heavy (non-hydrogen) atoms. The molecule has 0 unspecified atom stereocenters. The highest BCUT2D eigenvalue weighted by atomic mass is 19.2. The van der Waals surface area contributed by atoms with E-state index in [1.165, 1.54) is 6.26 Å². The second kappa shape index (κ2) is 7.26. The molecular weight excluding hydrogens is 371 g/mol. The lowest BCUT2D eigenvalue weighted by Crippen LogP contribution is -2.32. The molecule has 0 spiro atoms. The molecule has 0 bridgehead atoms. The second-order valence-electron chi connectivity index (χ2n) is 5.74. The van der Waals surface area contributed by atoms with Crippen molar-refractivity contribution in [3.8, 4) is 0 Å². The first-order valence-corrected chi connectivity index (χ1v) is 7.88. The SMILES string of the molecule is CCc1ccc2c(CC(=O)NNc3c(F)c(F)c(F)c(F)c3F)coc2c1. The van der Waals surface area contributed by atoms with Crippen LogP contribution in [0.15, 0.2) is 28.9 Å². The molecule has 0 saturated carbocycles. The van der Waals surface area contributed by atoms with Crippen LogP contribution in [0.1, 0.15) is 18.1 Å². The predicted molar refractivity (Wildman–Crippen MR) is 87.3 cm³/mol. The van der Waals surface area contributed by atoms with Crippen LogP contribution in [0.2, 0.25) is 0 Å². The Labute approximate surface area is 149 Å². The van der Waals surface area contributed by atoms with Crippen LogP contribution in [-0.4, -0.2) is 5.91 Å². The van der Waals surface area contributed by atoms with Crippen molar-refractivity contribution in [1.82, 2.24) is 5.43 Å². The minimum Gasteiger partial charge on any atom is -0.464 e. The summed E-state index contributed by atoms with van der Waals surface area (Å²) in [5.74, 6) is -11.4. The van der Waals surface area contributed by atoms with Crippen LogP contribution < -0.4 is 10.9 Å². The van der Waals surface area contributed by atoms with Gasteiger partial charge in [-0.05, 0) is 18.1 Å². The number of carbonyl (C=O) groups is 1. The maximum atomic E-state index is 13.6. The molecule has 1 aromatic heterocycles. The van der Waals surface area contributed by atoms with Gasteiger partial charge in [-0.1, -0.05) is 19.1 Å². The van der Waals surface area contributed by atoms with Crippen LogP contribution in [0.5, 0.6) is 0 Å². The van der Waals surface area contributed by atoms with Gasteiger partial charge in [-0.3, -0.25) is 15.6 Å². The zero-order valence-electron chi connectivity index (χ0n) is 13.9. The van der Waals surface area contributed by atoms with E-state index in [0.29, 0.717) is 16.5 Å². The number of amides is 1. The van der Waals surface area contributed by atoms with Gasteiger partial charge in [0.05, 0.1) is 12.7 Å². The van der Waals surface area contributed by atoms with E-state index in [4.69, 9.17) is 4.42 Å². The van der Waals surface area contributed by atoms with E-state index in [1.807, 2.05) is 24.5 Å². The van der Waals surface area contributed by atoms with Crippen molar-refractivity contribution in [1.29, 1.82) is 0 Å². The molecule has 0 atom stereocenters. The first kappa shape index (κ1) is 18.7. The molecule has 9 heteroatoms. The largest absolute Gasteiger partial charge is 0.464 e. The molecule has 4 nitrogen and oxygen atoms in total. The summed E-state index contributed by atoms with van der Waals surface area (Å²) >= 11 is 0. The Morgan fingerprint density at radius 2 is 1.63 bits per heavy atom. The number of fused-ring (bicyclic) bond motifs is 1. The fourth-order valence-electron chi connectivity index (χ4n) is 2.55. The highest BCUT2D eigenvalue weighted by Crippen LogP contribution is 2.27. The fraction of sp³-hybridized carbons (Fsp3) is 0.167. The van der Waals surface area contributed by atoms with Gasteiger partial charge in [0.2, 0.25) is 11.7 Å². The lowest BCUT2D eigenvalue weighted by molar-refractivity contribution is -0.119. The van der Waals surface area contributed by atoms with E-state index in [1.54, 1.807) is 11.5 Å². The summed E-state index contributed by atoms with van der Waals surface area (Å²) in [4.78, 5) is 12.0. The van der Waals surface area contributed by atoms with Crippen LogP contribution in [0.25, 0.3) is 11.0 Å². The second-order valence-corrected chi connectivity index (χ2v) is 5.74. The Morgan fingerprint density at radius 3 is 2.26 bits per heavy atom. The Morgan fingerprint density at radius 1 is 1.00 bits per heavy atom. The molecule has 0 aliphatic heterocycles. The molecule has 3 aromatic rings. The third kappa shape index (κ3) is 3.44. The number of rotatable bonds is 5. The van der Waals surface area contributed by atoms with E-state index in [-0.39, 0.29) is 6.42 Å². The van der Waals surface area contributed by atoms with E-state index in [9.17, 15) is 26.7 Å². The molecule has 0 radical (unpaired) electrons. The Balaban J connectivity index is 1.74.